The number of nitrogens with zero attached hydrogens (tertiary/aromatic N) is 4. The normalized spacial score (nSPS) is 10.6. The van der Waals surface area contributed by atoms with E-state index in [-0.39, 0.29) is 17.1 Å². The number of anilines is 1. The number of hydrogen-bond donors (Lipinski definition) is 1. The number of pyridine rings is 1. The standard InChI is InChI=1S/C16H21N5O4/c1-9-8-13(16(22)25-5)14(21(23)24)15(18-9)17-7-6-12-10(2)19-20(4)11(12)3/h8H,6-7H2,1-5H3,(H,17,18). The van der Waals surface area contributed by atoms with E-state index in [0.29, 0.717) is 18.7 Å². The van der Waals surface area contributed by atoms with Crippen LogP contribution in [0.15, 0.2) is 6.07 Å². The highest BCUT2D eigenvalue weighted by atomic mass is 16.6. The molecule has 0 fully saturated rings. The SMILES string of the molecule is COC(=O)c1cc(C)nc(NCCc2c(C)nn(C)c2C)c1[N+](=O)[O-]. The molecule has 1 N–H and O–H groups in total. The first kappa shape index (κ1) is 18.4. The van der Waals surface area contributed by atoms with Gasteiger partial charge in [0, 0.05) is 25.0 Å². The Hall–Kier alpha value is -2.97. The fourth-order valence-corrected chi connectivity index (χ4v) is 2.73. The molecule has 2 heterocycles. The number of aryl methyl sites for hydroxylation is 3. The van der Waals surface area contributed by atoms with Gasteiger partial charge in [-0.3, -0.25) is 14.8 Å². The van der Waals surface area contributed by atoms with Gasteiger partial charge in [0.25, 0.3) is 0 Å². The Morgan fingerprint density at radius 2 is 2.08 bits per heavy atom. The molecule has 0 bridgehead atoms. The lowest BCUT2D eigenvalue weighted by atomic mass is 10.1. The fraction of sp³-hybridized carbons (Fsp3) is 0.438. The molecule has 0 radical (unpaired) electrons. The van der Waals surface area contributed by atoms with Crippen LogP contribution in [0.3, 0.4) is 0 Å². The molecule has 0 amide bonds. The van der Waals surface area contributed by atoms with Crippen molar-refractivity contribution in [3.63, 3.8) is 0 Å². The van der Waals surface area contributed by atoms with Crippen LogP contribution < -0.4 is 5.32 Å². The lowest BCUT2D eigenvalue weighted by Crippen LogP contribution is -2.14. The number of hydrogen-bond acceptors (Lipinski definition) is 7. The van der Waals surface area contributed by atoms with Crippen molar-refractivity contribution in [3.05, 3.63) is 44.4 Å². The number of methoxy groups -OCH3 is 1. The average molecular weight is 347 g/mol. The average Bonchev–Trinajstić information content (AvgIpc) is 2.79. The van der Waals surface area contributed by atoms with Crippen molar-refractivity contribution in [2.24, 2.45) is 7.05 Å². The van der Waals surface area contributed by atoms with Crippen molar-refractivity contribution in [1.29, 1.82) is 0 Å². The zero-order chi connectivity index (χ0) is 18.7. The third kappa shape index (κ3) is 3.76. The molecule has 134 valence electrons. The van der Waals surface area contributed by atoms with Crippen molar-refractivity contribution in [1.82, 2.24) is 14.8 Å². The van der Waals surface area contributed by atoms with Gasteiger partial charge in [0.2, 0.25) is 5.82 Å². The van der Waals surface area contributed by atoms with Gasteiger partial charge in [-0.2, -0.15) is 5.10 Å². The summed E-state index contributed by atoms with van der Waals surface area (Å²) in [4.78, 5) is 26.8. The van der Waals surface area contributed by atoms with Gasteiger partial charge in [-0.15, -0.1) is 0 Å². The number of ether oxygens (including phenoxy) is 1. The largest absolute Gasteiger partial charge is 0.465 e. The summed E-state index contributed by atoms with van der Waals surface area (Å²) in [6, 6.07) is 1.35. The van der Waals surface area contributed by atoms with E-state index in [9.17, 15) is 14.9 Å². The Kier molecular flexibility index (Phi) is 5.35. The fourth-order valence-electron chi connectivity index (χ4n) is 2.73. The lowest BCUT2D eigenvalue weighted by Gasteiger charge is -2.10. The van der Waals surface area contributed by atoms with Crippen LogP contribution in [-0.4, -0.2) is 39.3 Å². The maximum Gasteiger partial charge on any atom is 0.345 e. The van der Waals surface area contributed by atoms with Gasteiger partial charge < -0.3 is 10.1 Å². The van der Waals surface area contributed by atoms with Crippen LogP contribution in [0.25, 0.3) is 0 Å². The number of nitro groups is 1. The van der Waals surface area contributed by atoms with Crippen molar-refractivity contribution in [2.45, 2.75) is 27.2 Å². The molecular weight excluding hydrogens is 326 g/mol. The van der Waals surface area contributed by atoms with Gasteiger partial charge in [-0.05, 0) is 38.8 Å². The molecule has 0 saturated carbocycles. The predicted octanol–water partition coefficient (Wildman–Crippen LogP) is 2.09. The number of esters is 1. The highest BCUT2D eigenvalue weighted by Gasteiger charge is 2.27. The number of rotatable bonds is 6. The molecule has 0 spiro atoms. The minimum Gasteiger partial charge on any atom is -0.465 e. The van der Waals surface area contributed by atoms with Crippen LogP contribution in [0.5, 0.6) is 0 Å². The molecule has 2 rings (SSSR count). The van der Waals surface area contributed by atoms with Gasteiger partial charge in [0.05, 0.1) is 17.7 Å². The second-order valence-corrected chi connectivity index (χ2v) is 5.71. The first-order chi connectivity index (χ1) is 11.8. The minimum atomic E-state index is -0.765. The minimum absolute atomic E-state index is 0.0598. The molecule has 9 nitrogen and oxygen atoms in total. The van der Waals surface area contributed by atoms with Crippen molar-refractivity contribution >= 4 is 17.5 Å². The molecular formula is C16H21N5O4. The van der Waals surface area contributed by atoms with Crippen molar-refractivity contribution in [3.8, 4) is 0 Å². The second kappa shape index (κ2) is 7.29. The maximum absolute atomic E-state index is 11.8. The van der Waals surface area contributed by atoms with Crippen LogP contribution in [0.1, 0.15) is 33.0 Å². The third-order valence-corrected chi connectivity index (χ3v) is 4.04. The van der Waals surface area contributed by atoms with E-state index >= 15 is 0 Å². The monoisotopic (exact) mass is 347 g/mol. The van der Waals surface area contributed by atoms with Crippen LogP contribution in [0.4, 0.5) is 11.5 Å². The van der Waals surface area contributed by atoms with Crippen LogP contribution in [0.2, 0.25) is 0 Å². The number of nitrogens with one attached hydrogen (secondary N) is 1. The van der Waals surface area contributed by atoms with Gasteiger partial charge in [0.15, 0.2) is 0 Å². The van der Waals surface area contributed by atoms with E-state index in [1.54, 1.807) is 11.6 Å². The molecule has 0 aromatic carbocycles. The van der Waals surface area contributed by atoms with Crippen LogP contribution >= 0.6 is 0 Å². The van der Waals surface area contributed by atoms with E-state index in [1.807, 2.05) is 20.9 Å². The van der Waals surface area contributed by atoms with E-state index in [4.69, 9.17) is 0 Å². The number of aromatic nitrogens is 3. The predicted molar refractivity (Wildman–Crippen MR) is 91.8 cm³/mol. The molecule has 0 aliphatic carbocycles. The summed E-state index contributed by atoms with van der Waals surface area (Å²) < 4.78 is 6.43. The third-order valence-electron chi connectivity index (χ3n) is 4.04. The molecule has 25 heavy (non-hydrogen) atoms. The van der Waals surface area contributed by atoms with Gasteiger partial charge in [-0.25, -0.2) is 9.78 Å². The highest BCUT2D eigenvalue weighted by molar-refractivity contribution is 5.96. The molecule has 0 aliphatic rings. The summed E-state index contributed by atoms with van der Waals surface area (Å²) >= 11 is 0. The Morgan fingerprint density at radius 1 is 1.40 bits per heavy atom. The summed E-state index contributed by atoms with van der Waals surface area (Å²) in [6.45, 7) is 5.98. The van der Waals surface area contributed by atoms with Crippen LogP contribution in [-0.2, 0) is 18.2 Å². The second-order valence-electron chi connectivity index (χ2n) is 5.71. The Labute approximate surface area is 145 Å². The summed E-state index contributed by atoms with van der Waals surface area (Å²) in [7, 11) is 3.05. The molecule has 0 aliphatic heterocycles. The maximum atomic E-state index is 11.8. The Morgan fingerprint density at radius 3 is 2.60 bits per heavy atom. The molecule has 2 aromatic heterocycles. The van der Waals surface area contributed by atoms with E-state index in [2.05, 4.69) is 20.1 Å². The topological polar surface area (TPSA) is 112 Å². The first-order valence-electron chi connectivity index (χ1n) is 7.73. The first-order valence-corrected chi connectivity index (χ1v) is 7.73. The Balaban J connectivity index is 2.28. The molecule has 2 aromatic rings. The molecule has 0 atom stereocenters. The number of carbonyl (C=O) groups is 1. The Bertz CT molecular complexity index is 828. The molecule has 0 unspecified atom stereocenters. The zero-order valence-electron chi connectivity index (χ0n) is 14.9. The van der Waals surface area contributed by atoms with E-state index in [0.717, 1.165) is 17.0 Å². The van der Waals surface area contributed by atoms with E-state index in [1.165, 1.54) is 13.2 Å². The zero-order valence-corrected chi connectivity index (χ0v) is 14.9. The van der Waals surface area contributed by atoms with Crippen LogP contribution in [0, 0.1) is 30.9 Å². The smallest absolute Gasteiger partial charge is 0.345 e. The lowest BCUT2D eigenvalue weighted by molar-refractivity contribution is -0.384. The number of carbonyl (C=O) groups excluding carboxylic acids is 1. The van der Waals surface area contributed by atoms with Gasteiger partial charge in [-0.1, -0.05) is 0 Å². The van der Waals surface area contributed by atoms with Crippen molar-refractivity contribution < 1.29 is 14.5 Å². The molecule has 0 saturated heterocycles. The summed E-state index contributed by atoms with van der Waals surface area (Å²) in [6.07, 6.45) is 0.631. The summed E-state index contributed by atoms with van der Waals surface area (Å²) in [5.41, 5.74) is 3.04. The van der Waals surface area contributed by atoms with Gasteiger partial charge >= 0.3 is 11.7 Å². The van der Waals surface area contributed by atoms with Crippen molar-refractivity contribution in [2.75, 3.05) is 19.0 Å². The summed E-state index contributed by atoms with van der Waals surface area (Å²) in [5, 5.41) is 18.7. The quantitative estimate of drug-likeness (QED) is 0.483. The summed E-state index contributed by atoms with van der Waals surface area (Å²) in [5.74, 6) is -0.705. The van der Waals surface area contributed by atoms with Gasteiger partial charge in [0.1, 0.15) is 5.56 Å². The molecule has 9 heteroatoms. The van der Waals surface area contributed by atoms with E-state index < -0.39 is 10.9 Å². The highest BCUT2D eigenvalue weighted by Crippen LogP contribution is 2.28.